The van der Waals surface area contributed by atoms with Crippen molar-refractivity contribution in [3.8, 4) is 0 Å². The Morgan fingerprint density at radius 1 is 1.31 bits per heavy atom. The third-order valence-corrected chi connectivity index (χ3v) is 2.13. The van der Waals surface area contributed by atoms with Crippen LogP contribution in [0.4, 0.5) is 0 Å². The van der Waals surface area contributed by atoms with E-state index in [0.29, 0.717) is 6.54 Å². The Hall–Kier alpha value is -0.570. The zero-order chi connectivity index (χ0) is 10.1. The molecule has 3 heteroatoms. The van der Waals surface area contributed by atoms with Crippen molar-refractivity contribution in [1.82, 2.24) is 10.2 Å². The number of carbonyl (C=O) groups excluding carboxylic acids is 1. The normalized spacial score (nSPS) is 10.1. The first-order chi connectivity index (χ1) is 6.22. The Morgan fingerprint density at radius 3 is 2.54 bits per heavy atom. The number of nitrogens with zero attached hydrogens (tertiary/aromatic N) is 1. The number of amides is 1. The van der Waals surface area contributed by atoms with Gasteiger partial charge in [-0.2, -0.15) is 0 Å². The SMILES string of the molecule is CCCCCNCC(=O)N(C)CC. The summed E-state index contributed by atoms with van der Waals surface area (Å²) >= 11 is 0. The van der Waals surface area contributed by atoms with Crippen molar-refractivity contribution in [3.63, 3.8) is 0 Å². The minimum atomic E-state index is 0.180. The van der Waals surface area contributed by atoms with Crippen molar-refractivity contribution < 1.29 is 4.79 Å². The summed E-state index contributed by atoms with van der Waals surface area (Å²) in [5.74, 6) is 0.180. The molecule has 0 saturated carbocycles. The molecule has 0 aliphatic heterocycles. The van der Waals surface area contributed by atoms with Gasteiger partial charge < -0.3 is 10.2 Å². The van der Waals surface area contributed by atoms with E-state index in [1.54, 1.807) is 4.90 Å². The van der Waals surface area contributed by atoms with Crippen LogP contribution in [0.3, 0.4) is 0 Å². The molecule has 1 amide bonds. The highest BCUT2D eigenvalue weighted by molar-refractivity contribution is 5.77. The maximum absolute atomic E-state index is 11.3. The van der Waals surface area contributed by atoms with Gasteiger partial charge in [-0.15, -0.1) is 0 Å². The fraction of sp³-hybridized carbons (Fsp3) is 0.900. The molecular formula is C10H22N2O. The topological polar surface area (TPSA) is 32.3 Å². The van der Waals surface area contributed by atoms with Gasteiger partial charge in [-0.05, 0) is 19.9 Å². The van der Waals surface area contributed by atoms with E-state index in [2.05, 4.69) is 12.2 Å². The molecular weight excluding hydrogens is 164 g/mol. The lowest BCUT2D eigenvalue weighted by molar-refractivity contribution is -0.128. The van der Waals surface area contributed by atoms with Gasteiger partial charge in [-0.3, -0.25) is 4.79 Å². The minimum Gasteiger partial charge on any atom is -0.345 e. The van der Waals surface area contributed by atoms with Crippen molar-refractivity contribution >= 4 is 5.91 Å². The number of hydrogen-bond donors (Lipinski definition) is 1. The average molecular weight is 186 g/mol. The molecule has 0 saturated heterocycles. The van der Waals surface area contributed by atoms with Gasteiger partial charge in [-0.1, -0.05) is 19.8 Å². The first-order valence-electron chi connectivity index (χ1n) is 5.17. The molecule has 0 spiro atoms. The van der Waals surface area contributed by atoms with Crippen molar-refractivity contribution in [3.05, 3.63) is 0 Å². The summed E-state index contributed by atoms with van der Waals surface area (Å²) in [6, 6.07) is 0. The Balaban J connectivity index is 3.27. The summed E-state index contributed by atoms with van der Waals surface area (Å²) in [6.45, 7) is 6.38. The number of rotatable bonds is 7. The van der Waals surface area contributed by atoms with Crippen LogP contribution >= 0.6 is 0 Å². The molecule has 0 aromatic rings. The molecule has 0 aliphatic rings. The van der Waals surface area contributed by atoms with Gasteiger partial charge in [0.1, 0.15) is 0 Å². The fourth-order valence-corrected chi connectivity index (χ4v) is 1.01. The third kappa shape index (κ3) is 6.58. The second kappa shape index (κ2) is 8.05. The molecule has 3 nitrogen and oxygen atoms in total. The number of hydrogen-bond acceptors (Lipinski definition) is 2. The van der Waals surface area contributed by atoms with E-state index in [1.807, 2.05) is 14.0 Å². The predicted octanol–water partition coefficient (Wildman–Crippen LogP) is 1.24. The first kappa shape index (κ1) is 12.4. The summed E-state index contributed by atoms with van der Waals surface area (Å²) in [7, 11) is 1.83. The summed E-state index contributed by atoms with van der Waals surface area (Å²) in [5.41, 5.74) is 0. The van der Waals surface area contributed by atoms with E-state index in [1.165, 1.54) is 19.3 Å². The van der Waals surface area contributed by atoms with Crippen LogP contribution in [0.15, 0.2) is 0 Å². The van der Waals surface area contributed by atoms with E-state index in [4.69, 9.17) is 0 Å². The van der Waals surface area contributed by atoms with Gasteiger partial charge >= 0.3 is 0 Å². The minimum absolute atomic E-state index is 0.180. The Kier molecular flexibility index (Phi) is 7.69. The second-order valence-corrected chi connectivity index (χ2v) is 3.29. The number of carbonyl (C=O) groups is 1. The average Bonchev–Trinajstić information content (AvgIpc) is 2.16. The summed E-state index contributed by atoms with van der Waals surface area (Å²) in [4.78, 5) is 13.0. The fourth-order valence-electron chi connectivity index (χ4n) is 1.01. The summed E-state index contributed by atoms with van der Waals surface area (Å²) < 4.78 is 0. The van der Waals surface area contributed by atoms with E-state index in [0.717, 1.165) is 13.1 Å². The molecule has 0 aromatic carbocycles. The van der Waals surface area contributed by atoms with E-state index in [-0.39, 0.29) is 5.91 Å². The highest BCUT2D eigenvalue weighted by Gasteiger charge is 2.03. The van der Waals surface area contributed by atoms with Crippen LogP contribution in [-0.2, 0) is 4.79 Å². The van der Waals surface area contributed by atoms with Crippen molar-refractivity contribution in [2.75, 3.05) is 26.7 Å². The predicted molar refractivity (Wildman–Crippen MR) is 55.7 cm³/mol. The maximum atomic E-state index is 11.3. The van der Waals surface area contributed by atoms with Crippen LogP contribution < -0.4 is 5.32 Å². The molecule has 78 valence electrons. The molecule has 13 heavy (non-hydrogen) atoms. The van der Waals surface area contributed by atoms with Gasteiger partial charge in [0, 0.05) is 13.6 Å². The van der Waals surface area contributed by atoms with Crippen LogP contribution in [0.2, 0.25) is 0 Å². The van der Waals surface area contributed by atoms with Crippen LogP contribution in [-0.4, -0.2) is 37.5 Å². The molecule has 0 bridgehead atoms. The van der Waals surface area contributed by atoms with Crippen molar-refractivity contribution in [2.24, 2.45) is 0 Å². The highest BCUT2D eigenvalue weighted by atomic mass is 16.2. The van der Waals surface area contributed by atoms with E-state index in [9.17, 15) is 4.79 Å². The summed E-state index contributed by atoms with van der Waals surface area (Å²) in [6.07, 6.45) is 3.63. The van der Waals surface area contributed by atoms with Gasteiger partial charge in [0.25, 0.3) is 0 Å². The van der Waals surface area contributed by atoms with Crippen LogP contribution in [0.25, 0.3) is 0 Å². The quantitative estimate of drug-likeness (QED) is 0.607. The number of likely N-dealkylation sites (N-methyl/N-ethyl adjacent to an activating group) is 1. The smallest absolute Gasteiger partial charge is 0.236 e. The van der Waals surface area contributed by atoms with E-state index < -0.39 is 0 Å². The Bertz CT molecular complexity index is 137. The lowest BCUT2D eigenvalue weighted by Gasteiger charge is -2.14. The third-order valence-electron chi connectivity index (χ3n) is 2.13. The standard InChI is InChI=1S/C10H22N2O/c1-4-6-7-8-11-9-10(13)12(3)5-2/h11H,4-9H2,1-3H3. The highest BCUT2D eigenvalue weighted by Crippen LogP contribution is 1.91. The van der Waals surface area contributed by atoms with Gasteiger partial charge in [0.05, 0.1) is 6.54 Å². The molecule has 0 rings (SSSR count). The van der Waals surface area contributed by atoms with Crippen molar-refractivity contribution in [1.29, 1.82) is 0 Å². The molecule has 0 heterocycles. The van der Waals surface area contributed by atoms with E-state index >= 15 is 0 Å². The monoisotopic (exact) mass is 186 g/mol. The molecule has 0 radical (unpaired) electrons. The lowest BCUT2D eigenvalue weighted by atomic mass is 10.2. The lowest BCUT2D eigenvalue weighted by Crippen LogP contribution is -2.35. The van der Waals surface area contributed by atoms with Crippen LogP contribution in [0, 0.1) is 0 Å². The molecule has 0 fully saturated rings. The Morgan fingerprint density at radius 2 is 2.00 bits per heavy atom. The van der Waals surface area contributed by atoms with Crippen molar-refractivity contribution in [2.45, 2.75) is 33.1 Å². The van der Waals surface area contributed by atoms with Gasteiger partial charge in [0.15, 0.2) is 0 Å². The zero-order valence-electron chi connectivity index (χ0n) is 9.10. The molecule has 0 aromatic heterocycles. The number of unbranched alkanes of at least 4 members (excludes halogenated alkanes) is 2. The molecule has 1 N–H and O–H groups in total. The van der Waals surface area contributed by atoms with Crippen LogP contribution in [0.1, 0.15) is 33.1 Å². The first-order valence-corrected chi connectivity index (χ1v) is 5.17. The molecule has 0 atom stereocenters. The zero-order valence-corrected chi connectivity index (χ0v) is 9.10. The Labute approximate surface area is 81.5 Å². The van der Waals surface area contributed by atoms with Gasteiger partial charge in [-0.25, -0.2) is 0 Å². The largest absolute Gasteiger partial charge is 0.345 e. The molecule has 0 unspecified atom stereocenters. The maximum Gasteiger partial charge on any atom is 0.236 e. The summed E-state index contributed by atoms with van der Waals surface area (Å²) in [5, 5.41) is 3.14. The second-order valence-electron chi connectivity index (χ2n) is 3.29. The number of nitrogens with one attached hydrogen (secondary N) is 1. The van der Waals surface area contributed by atoms with Gasteiger partial charge in [0.2, 0.25) is 5.91 Å². The molecule has 0 aliphatic carbocycles. The van der Waals surface area contributed by atoms with Crippen LogP contribution in [0.5, 0.6) is 0 Å².